The summed E-state index contributed by atoms with van der Waals surface area (Å²) in [4.78, 5) is 23.6. The predicted octanol–water partition coefficient (Wildman–Crippen LogP) is 3.11. The zero-order valence-electron chi connectivity index (χ0n) is 12.9. The molecule has 1 aromatic rings. The van der Waals surface area contributed by atoms with E-state index in [1.807, 2.05) is 0 Å². The van der Waals surface area contributed by atoms with Crippen LogP contribution in [0, 0.1) is 5.92 Å². The fourth-order valence-electron chi connectivity index (χ4n) is 3.43. The van der Waals surface area contributed by atoms with Gasteiger partial charge in [0.15, 0.2) is 0 Å². The first-order chi connectivity index (χ1) is 11.2. The van der Waals surface area contributed by atoms with Gasteiger partial charge >= 0.3 is 12.1 Å². The van der Waals surface area contributed by atoms with E-state index in [4.69, 9.17) is 5.11 Å². The number of carbonyl (C=O) groups is 2. The van der Waals surface area contributed by atoms with Gasteiger partial charge in [0.2, 0.25) is 5.91 Å². The Balaban J connectivity index is 1.72. The molecule has 2 fully saturated rings. The number of hydrogen-bond donors (Lipinski definition) is 2. The number of halogens is 3. The van der Waals surface area contributed by atoms with Crippen LogP contribution in [-0.2, 0) is 21.2 Å². The summed E-state index contributed by atoms with van der Waals surface area (Å²) in [6.07, 6.45) is -1.95. The molecule has 2 aliphatic carbocycles. The third kappa shape index (κ3) is 3.12. The van der Waals surface area contributed by atoms with Crippen LogP contribution < -0.4 is 5.32 Å². The summed E-state index contributed by atoms with van der Waals surface area (Å²) in [6, 6.07) is 4.69. The lowest BCUT2D eigenvalue weighted by Crippen LogP contribution is -2.40. The van der Waals surface area contributed by atoms with Gasteiger partial charge in [-0.25, -0.2) is 0 Å². The van der Waals surface area contributed by atoms with E-state index in [2.05, 4.69) is 5.32 Å². The highest BCUT2D eigenvalue weighted by Gasteiger charge is 2.52. The summed E-state index contributed by atoms with van der Waals surface area (Å²) >= 11 is 0. The molecule has 3 rings (SSSR count). The second kappa shape index (κ2) is 5.79. The Labute approximate surface area is 137 Å². The van der Waals surface area contributed by atoms with Crippen molar-refractivity contribution in [3.63, 3.8) is 0 Å². The number of aliphatic carboxylic acids is 1. The minimum atomic E-state index is -4.44. The molecule has 0 spiro atoms. The molecule has 0 aliphatic heterocycles. The van der Waals surface area contributed by atoms with Crippen molar-refractivity contribution in [2.45, 2.75) is 49.7 Å². The van der Waals surface area contributed by atoms with Crippen molar-refractivity contribution >= 4 is 11.9 Å². The second-order valence-electron chi connectivity index (χ2n) is 6.68. The molecule has 0 unspecified atom stereocenters. The summed E-state index contributed by atoms with van der Waals surface area (Å²) < 4.78 is 38.6. The lowest BCUT2D eigenvalue weighted by molar-refractivity contribution is -0.141. The third-order valence-corrected chi connectivity index (χ3v) is 5.04. The highest BCUT2D eigenvalue weighted by atomic mass is 19.4. The molecule has 2 N–H and O–H groups in total. The molecule has 1 aromatic carbocycles. The Morgan fingerprint density at radius 2 is 1.92 bits per heavy atom. The van der Waals surface area contributed by atoms with E-state index >= 15 is 0 Å². The van der Waals surface area contributed by atoms with E-state index in [1.54, 1.807) is 6.07 Å². The van der Waals surface area contributed by atoms with Crippen LogP contribution in [0.15, 0.2) is 24.3 Å². The molecular weight excluding hydrogens is 323 g/mol. The van der Waals surface area contributed by atoms with Gasteiger partial charge in [0.25, 0.3) is 0 Å². The number of carboxylic acid groups (broad SMARTS) is 1. The van der Waals surface area contributed by atoms with Gasteiger partial charge in [0.1, 0.15) is 0 Å². The topological polar surface area (TPSA) is 66.4 Å². The van der Waals surface area contributed by atoms with Gasteiger partial charge in [-0.15, -0.1) is 0 Å². The fraction of sp³-hybridized carbons (Fsp3) is 0.529. The zero-order chi connectivity index (χ0) is 17.5. The Kier molecular flexibility index (Phi) is 4.05. The maximum absolute atomic E-state index is 12.9. The molecule has 2 aliphatic rings. The first kappa shape index (κ1) is 16.8. The summed E-state index contributed by atoms with van der Waals surface area (Å²) in [5, 5.41) is 11.8. The number of hydrogen-bond acceptors (Lipinski definition) is 2. The Morgan fingerprint density at radius 3 is 2.46 bits per heavy atom. The van der Waals surface area contributed by atoms with Crippen molar-refractivity contribution in [2.75, 3.05) is 0 Å². The Bertz CT molecular complexity index is 667. The largest absolute Gasteiger partial charge is 0.481 e. The van der Waals surface area contributed by atoms with E-state index in [0.717, 1.165) is 12.1 Å². The molecule has 2 atom stereocenters. The number of amides is 1. The van der Waals surface area contributed by atoms with Gasteiger partial charge in [-0.1, -0.05) is 18.2 Å². The molecule has 2 saturated carbocycles. The Hall–Kier alpha value is -2.05. The number of benzene rings is 1. The monoisotopic (exact) mass is 341 g/mol. The smallest absolute Gasteiger partial charge is 0.416 e. The number of rotatable bonds is 4. The van der Waals surface area contributed by atoms with Gasteiger partial charge in [0.05, 0.1) is 16.9 Å². The van der Waals surface area contributed by atoms with E-state index in [0.29, 0.717) is 37.7 Å². The zero-order valence-corrected chi connectivity index (χ0v) is 12.9. The van der Waals surface area contributed by atoms with Crippen molar-refractivity contribution in [2.24, 2.45) is 5.92 Å². The van der Waals surface area contributed by atoms with Crippen molar-refractivity contribution in [3.8, 4) is 0 Å². The SMILES string of the molecule is O=C(O)[C@H]1CC[C@@H](NC(=O)C2(c3cccc(C(F)(F)F)c3)CC2)C1. The molecule has 0 saturated heterocycles. The molecule has 24 heavy (non-hydrogen) atoms. The lowest BCUT2D eigenvalue weighted by atomic mass is 9.93. The van der Waals surface area contributed by atoms with Gasteiger partial charge in [-0.3, -0.25) is 9.59 Å². The average Bonchev–Trinajstić information content (AvgIpc) is 3.20. The van der Waals surface area contributed by atoms with Crippen molar-refractivity contribution in [1.82, 2.24) is 5.32 Å². The molecule has 130 valence electrons. The number of carboxylic acids is 1. The van der Waals surface area contributed by atoms with E-state index in [1.165, 1.54) is 6.07 Å². The van der Waals surface area contributed by atoms with Crippen molar-refractivity contribution in [1.29, 1.82) is 0 Å². The minimum absolute atomic E-state index is 0.220. The van der Waals surface area contributed by atoms with Crippen LogP contribution in [0.5, 0.6) is 0 Å². The first-order valence-electron chi connectivity index (χ1n) is 7.94. The number of nitrogens with one attached hydrogen (secondary N) is 1. The van der Waals surface area contributed by atoms with Gasteiger partial charge in [0, 0.05) is 6.04 Å². The van der Waals surface area contributed by atoms with Crippen LogP contribution in [0.25, 0.3) is 0 Å². The standard InChI is InChI=1S/C17H18F3NO3/c18-17(19,20)12-3-1-2-11(9-12)16(6-7-16)15(24)21-13-5-4-10(8-13)14(22)23/h1-3,9-10,13H,4-8H2,(H,21,24)(H,22,23)/t10-,13+/m0/s1. The summed E-state index contributed by atoms with van der Waals surface area (Å²) in [6.45, 7) is 0. The fourth-order valence-corrected chi connectivity index (χ4v) is 3.43. The predicted molar refractivity (Wildman–Crippen MR) is 79.3 cm³/mol. The minimum Gasteiger partial charge on any atom is -0.481 e. The van der Waals surface area contributed by atoms with Crippen LogP contribution in [0.1, 0.15) is 43.2 Å². The van der Waals surface area contributed by atoms with E-state index in [-0.39, 0.29) is 11.9 Å². The molecule has 0 aromatic heterocycles. The summed E-state index contributed by atoms with van der Waals surface area (Å²) in [5.41, 5.74) is -1.28. The van der Waals surface area contributed by atoms with Crippen LogP contribution >= 0.6 is 0 Å². The van der Waals surface area contributed by atoms with Crippen LogP contribution in [0.4, 0.5) is 13.2 Å². The van der Waals surface area contributed by atoms with E-state index in [9.17, 15) is 22.8 Å². The average molecular weight is 341 g/mol. The van der Waals surface area contributed by atoms with Gasteiger partial charge < -0.3 is 10.4 Å². The highest BCUT2D eigenvalue weighted by Crippen LogP contribution is 2.49. The van der Waals surface area contributed by atoms with Crippen molar-refractivity contribution < 1.29 is 27.9 Å². The summed E-state index contributed by atoms with van der Waals surface area (Å²) in [5.74, 6) is -1.62. The number of alkyl halides is 3. The van der Waals surface area contributed by atoms with Crippen LogP contribution in [-0.4, -0.2) is 23.0 Å². The lowest BCUT2D eigenvalue weighted by Gasteiger charge is -2.20. The quantitative estimate of drug-likeness (QED) is 0.884. The maximum Gasteiger partial charge on any atom is 0.416 e. The molecule has 0 bridgehead atoms. The van der Waals surface area contributed by atoms with Gasteiger partial charge in [-0.2, -0.15) is 13.2 Å². The van der Waals surface area contributed by atoms with Crippen LogP contribution in [0.2, 0.25) is 0 Å². The summed E-state index contributed by atoms with van der Waals surface area (Å²) in [7, 11) is 0. The molecule has 1 amide bonds. The molecule has 4 nitrogen and oxygen atoms in total. The number of carbonyl (C=O) groups excluding carboxylic acids is 1. The van der Waals surface area contributed by atoms with Crippen molar-refractivity contribution in [3.05, 3.63) is 35.4 Å². The third-order valence-electron chi connectivity index (χ3n) is 5.04. The molecular formula is C17H18F3NO3. The Morgan fingerprint density at radius 1 is 1.21 bits per heavy atom. The molecule has 7 heteroatoms. The second-order valence-corrected chi connectivity index (χ2v) is 6.68. The van der Waals surface area contributed by atoms with E-state index < -0.39 is 29.0 Å². The van der Waals surface area contributed by atoms with Gasteiger partial charge in [-0.05, 0) is 43.7 Å². The normalized spacial score (nSPS) is 25.3. The highest BCUT2D eigenvalue weighted by molar-refractivity contribution is 5.91. The van der Waals surface area contributed by atoms with Crippen LogP contribution in [0.3, 0.4) is 0 Å². The maximum atomic E-state index is 12.9. The molecule has 0 radical (unpaired) electrons. The first-order valence-corrected chi connectivity index (χ1v) is 7.94. The molecule has 0 heterocycles.